The average molecular weight is 208 g/mol. The molecule has 0 fully saturated rings. The third-order valence-corrected chi connectivity index (χ3v) is 2.01. The summed E-state index contributed by atoms with van der Waals surface area (Å²) in [5.41, 5.74) is 2.56. The van der Waals surface area contributed by atoms with E-state index in [4.69, 9.17) is 9.84 Å². The Labute approximate surface area is 89.7 Å². The zero-order valence-corrected chi connectivity index (χ0v) is 9.03. The van der Waals surface area contributed by atoms with E-state index in [0.717, 1.165) is 5.57 Å². The molecule has 0 saturated carbocycles. The summed E-state index contributed by atoms with van der Waals surface area (Å²) < 4.78 is 4.94. The summed E-state index contributed by atoms with van der Waals surface area (Å²) in [6, 6.07) is 0. The van der Waals surface area contributed by atoms with Crippen LogP contribution >= 0.6 is 0 Å². The Kier molecular flexibility index (Phi) is 4.18. The van der Waals surface area contributed by atoms with Crippen molar-refractivity contribution in [3.8, 4) is 0 Å². The summed E-state index contributed by atoms with van der Waals surface area (Å²) in [4.78, 5) is 0. The molecule has 0 aliphatic carbocycles. The third-order valence-electron chi connectivity index (χ3n) is 2.01. The Morgan fingerprint density at radius 1 is 1.47 bits per heavy atom. The minimum atomic E-state index is -0.104. The fourth-order valence-electron chi connectivity index (χ4n) is 1.15. The Morgan fingerprint density at radius 2 is 2.20 bits per heavy atom. The molecule has 3 heteroatoms. The lowest BCUT2D eigenvalue weighted by Crippen LogP contribution is -1.90. The van der Waals surface area contributed by atoms with E-state index in [2.05, 4.69) is 0 Å². The van der Waals surface area contributed by atoms with Gasteiger partial charge in [-0.1, -0.05) is 11.6 Å². The number of aliphatic hydroxyl groups excluding tert-OH is 2. The Balaban J connectivity index is 2.88. The van der Waals surface area contributed by atoms with E-state index < -0.39 is 0 Å². The smallest absolute Gasteiger partial charge is 0.285 e. The molecule has 0 bridgehead atoms. The van der Waals surface area contributed by atoms with Crippen LogP contribution in [-0.2, 0) is 4.74 Å². The maximum atomic E-state index is 9.53. The van der Waals surface area contributed by atoms with E-state index in [1.54, 1.807) is 12.2 Å². The molecular formula is C12H16O3. The second kappa shape index (κ2) is 5.41. The van der Waals surface area contributed by atoms with E-state index in [0.29, 0.717) is 12.0 Å². The maximum Gasteiger partial charge on any atom is 0.285 e. The van der Waals surface area contributed by atoms with Crippen LogP contribution in [0.15, 0.2) is 47.2 Å². The summed E-state index contributed by atoms with van der Waals surface area (Å²) in [6.45, 7) is 3.92. The molecule has 0 radical (unpaired) electrons. The van der Waals surface area contributed by atoms with Gasteiger partial charge in [-0.05, 0) is 38.0 Å². The van der Waals surface area contributed by atoms with Crippen molar-refractivity contribution in [2.75, 3.05) is 6.61 Å². The molecule has 3 nitrogen and oxygen atoms in total. The van der Waals surface area contributed by atoms with Gasteiger partial charge in [-0.3, -0.25) is 0 Å². The second-order valence-electron chi connectivity index (χ2n) is 3.61. The topological polar surface area (TPSA) is 49.7 Å². The summed E-state index contributed by atoms with van der Waals surface area (Å²) in [6.07, 6.45) is 7.32. The highest BCUT2D eigenvalue weighted by atomic mass is 16.6. The lowest BCUT2D eigenvalue weighted by molar-refractivity contribution is 0.164. The quantitative estimate of drug-likeness (QED) is 0.701. The molecule has 0 atom stereocenters. The first kappa shape index (κ1) is 11.6. The highest BCUT2D eigenvalue weighted by Gasteiger charge is 2.07. The van der Waals surface area contributed by atoms with Gasteiger partial charge in [0.2, 0.25) is 0 Å². The average Bonchev–Trinajstić information content (AvgIpc) is 2.37. The van der Waals surface area contributed by atoms with Crippen molar-refractivity contribution in [1.82, 2.24) is 0 Å². The molecule has 0 unspecified atom stereocenters. The van der Waals surface area contributed by atoms with Gasteiger partial charge in [0.25, 0.3) is 5.95 Å². The number of hydrogen-bond acceptors (Lipinski definition) is 3. The monoisotopic (exact) mass is 208 g/mol. The number of allylic oxidation sites excluding steroid dienone is 4. The normalized spacial score (nSPS) is 15.5. The molecule has 1 aliphatic rings. The zero-order chi connectivity index (χ0) is 11.3. The van der Waals surface area contributed by atoms with Crippen LogP contribution in [0.25, 0.3) is 0 Å². The first-order valence-electron chi connectivity index (χ1n) is 4.83. The molecule has 0 amide bonds. The molecule has 0 aromatic rings. The molecule has 0 aromatic carbocycles. The molecule has 0 aromatic heterocycles. The van der Waals surface area contributed by atoms with Crippen molar-refractivity contribution in [2.45, 2.75) is 20.3 Å². The van der Waals surface area contributed by atoms with Crippen molar-refractivity contribution in [3.63, 3.8) is 0 Å². The fourth-order valence-corrected chi connectivity index (χ4v) is 1.15. The first-order chi connectivity index (χ1) is 7.13. The summed E-state index contributed by atoms with van der Waals surface area (Å²) in [5, 5.41) is 18.5. The number of aliphatic hydroxyl groups is 2. The summed E-state index contributed by atoms with van der Waals surface area (Å²) >= 11 is 0. The SMILES string of the molecule is CC(C)=CCC1=C(O)OC=CC(CO)=C1. The van der Waals surface area contributed by atoms with Gasteiger partial charge < -0.3 is 14.9 Å². The van der Waals surface area contributed by atoms with Crippen LogP contribution in [0.3, 0.4) is 0 Å². The Morgan fingerprint density at radius 3 is 2.80 bits per heavy atom. The molecule has 15 heavy (non-hydrogen) atoms. The van der Waals surface area contributed by atoms with Crippen LogP contribution in [0, 0.1) is 0 Å². The molecule has 1 heterocycles. The van der Waals surface area contributed by atoms with Crippen LogP contribution in [0.1, 0.15) is 20.3 Å². The number of hydrogen-bond donors (Lipinski definition) is 2. The number of rotatable bonds is 3. The predicted molar refractivity (Wildman–Crippen MR) is 59.1 cm³/mol. The molecule has 1 rings (SSSR count). The van der Waals surface area contributed by atoms with Crippen molar-refractivity contribution in [3.05, 3.63) is 47.2 Å². The number of ether oxygens (including phenoxy) is 1. The van der Waals surface area contributed by atoms with Crippen LogP contribution in [-0.4, -0.2) is 16.8 Å². The Bertz CT molecular complexity index is 342. The molecule has 2 N–H and O–H groups in total. The van der Waals surface area contributed by atoms with Crippen molar-refractivity contribution in [2.24, 2.45) is 0 Å². The fraction of sp³-hybridized carbons (Fsp3) is 0.333. The lowest BCUT2D eigenvalue weighted by atomic mass is 10.1. The van der Waals surface area contributed by atoms with Gasteiger partial charge in [0.15, 0.2) is 0 Å². The van der Waals surface area contributed by atoms with Crippen LogP contribution in [0.4, 0.5) is 0 Å². The molecular weight excluding hydrogens is 192 g/mol. The van der Waals surface area contributed by atoms with E-state index >= 15 is 0 Å². The van der Waals surface area contributed by atoms with Gasteiger partial charge in [0, 0.05) is 5.57 Å². The molecule has 1 aliphatic heterocycles. The zero-order valence-electron chi connectivity index (χ0n) is 9.03. The highest BCUT2D eigenvalue weighted by Crippen LogP contribution is 2.18. The standard InChI is InChI=1S/C12H16O3/c1-9(2)3-4-11-7-10(8-13)5-6-15-12(11)14/h3,5-7,13-14H,4,8H2,1-2H3. The van der Waals surface area contributed by atoms with Gasteiger partial charge in [-0.15, -0.1) is 0 Å². The van der Waals surface area contributed by atoms with Crippen molar-refractivity contribution >= 4 is 0 Å². The third kappa shape index (κ3) is 3.64. The van der Waals surface area contributed by atoms with E-state index in [1.807, 2.05) is 19.9 Å². The molecule has 82 valence electrons. The van der Waals surface area contributed by atoms with Crippen molar-refractivity contribution in [1.29, 1.82) is 0 Å². The van der Waals surface area contributed by atoms with Gasteiger partial charge in [0.1, 0.15) is 0 Å². The lowest BCUT2D eigenvalue weighted by Gasteiger charge is -2.02. The highest BCUT2D eigenvalue weighted by molar-refractivity contribution is 5.34. The van der Waals surface area contributed by atoms with Gasteiger partial charge in [-0.25, -0.2) is 0 Å². The van der Waals surface area contributed by atoms with E-state index in [1.165, 1.54) is 11.8 Å². The minimum absolute atomic E-state index is 0.0640. The molecule has 0 spiro atoms. The summed E-state index contributed by atoms with van der Waals surface area (Å²) in [7, 11) is 0. The van der Waals surface area contributed by atoms with E-state index in [9.17, 15) is 5.11 Å². The second-order valence-corrected chi connectivity index (χ2v) is 3.61. The molecule has 0 saturated heterocycles. The minimum Gasteiger partial charge on any atom is -0.481 e. The Hall–Kier alpha value is -1.48. The van der Waals surface area contributed by atoms with Crippen LogP contribution in [0.2, 0.25) is 0 Å². The maximum absolute atomic E-state index is 9.53. The van der Waals surface area contributed by atoms with Crippen LogP contribution in [0.5, 0.6) is 0 Å². The first-order valence-corrected chi connectivity index (χ1v) is 4.83. The van der Waals surface area contributed by atoms with Gasteiger partial charge in [0.05, 0.1) is 12.9 Å². The summed E-state index contributed by atoms with van der Waals surface area (Å²) in [5.74, 6) is -0.104. The predicted octanol–water partition coefficient (Wildman–Crippen LogP) is 2.57. The van der Waals surface area contributed by atoms with E-state index in [-0.39, 0.29) is 12.6 Å². The van der Waals surface area contributed by atoms with Crippen LogP contribution < -0.4 is 0 Å². The van der Waals surface area contributed by atoms with Crippen molar-refractivity contribution < 1.29 is 14.9 Å². The van der Waals surface area contributed by atoms with Gasteiger partial charge >= 0.3 is 0 Å². The van der Waals surface area contributed by atoms with Gasteiger partial charge in [-0.2, -0.15) is 0 Å². The largest absolute Gasteiger partial charge is 0.481 e.